The van der Waals surface area contributed by atoms with Crippen molar-refractivity contribution in [1.29, 1.82) is 0 Å². The molecule has 6 nitrogen and oxygen atoms in total. The van der Waals surface area contributed by atoms with E-state index in [1.807, 2.05) is 14.1 Å². The van der Waals surface area contributed by atoms with Crippen LogP contribution in [0.3, 0.4) is 0 Å². The zero-order chi connectivity index (χ0) is 16.0. The van der Waals surface area contributed by atoms with Crippen molar-refractivity contribution in [1.82, 2.24) is 4.72 Å². The van der Waals surface area contributed by atoms with E-state index in [0.29, 0.717) is 24.0 Å². The maximum Gasteiger partial charge on any atom is 0.511 e. The van der Waals surface area contributed by atoms with Crippen molar-refractivity contribution in [3.05, 3.63) is 0 Å². The minimum atomic E-state index is -5.29. The van der Waals surface area contributed by atoms with Gasteiger partial charge in [-0.05, 0) is 0 Å². The van der Waals surface area contributed by atoms with Crippen LogP contribution in [0.15, 0.2) is 0 Å². The lowest BCUT2D eigenvalue weighted by Gasteiger charge is -2.30. The Kier molecular flexibility index (Phi) is 7.39. The SMILES string of the molecule is C[N+](C)(CCCNS(=O)(=O)C(F)(F)F)CCC(O)CO. The standard InChI is InChI=1S/C10H22F3N2O4S/c1-15(2,7-4-9(17)8-16)6-3-5-14-20(18,19)10(11,12)13/h9,14,16-17H,3-8H2,1-2H3/q+1. The minimum absolute atomic E-state index is 0.234. The number of sulfonamides is 1. The van der Waals surface area contributed by atoms with Crippen LogP contribution in [0.2, 0.25) is 0 Å². The fourth-order valence-corrected chi connectivity index (χ4v) is 2.07. The van der Waals surface area contributed by atoms with Crippen molar-refractivity contribution in [3.63, 3.8) is 0 Å². The molecule has 0 aromatic heterocycles. The first-order valence-electron chi connectivity index (χ1n) is 6.08. The lowest BCUT2D eigenvalue weighted by Crippen LogP contribution is -2.44. The zero-order valence-corrected chi connectivity index (χ0v) is 12.3. The van der Waals surface area contributed by atoms with Crippen LogP contribution in [0.25, 0.3) is 0 Å². The molecule has 0 saturated heterocycles. The van der Waals surface area contributed by atoms with Gasteiger partial charge < -0.3 is 14.7 Å². The van der Waals surface area contributed by atoms with Crippen LogP contribution < -0.4 is 4.72 Å². The van der Waals surface area contributed by atoms with Gasteiger partial charge in [0.25, 0.3) is 0 Å². The predicted octanol–water partition coefficient (Wildman–Crippen LogP) is -0.365. The quantitative estimate of drug-likeness (QED) is 0.399. The van der Waals surface area contributed by atoms with E-state index in [4.69, 9.17) is 5.11 Å². The highest BCUT2D eigenvalue weighted by Gasteiger charge is 2.45. The zero-order valence-electron chi connectivity index (χ0n) is 11.5. The highest BCUT2D eigenvalue weighted by Crippen LogP contribution is 2.21. The van der Waals surface area contributed by atoms with Gasteiger partial charge in [-0.25, -0.2) is 13.1 Å². The van der Waals surface area contributed by atoms with E-state index in [0.717, 1.165) is 0 Å². The molecule has 0 aliphatic rings. The number of hydrogen-bond donors (Lipinski definition) is 3. The molecule has 1 atom stereocenters. The summed E-state index contributed by atoms with van der Waals surface area (Å²) in [5.41, 5.74) is -5.29. The molecule has 0 saturated carbocycles. The molecule has 0 bridgehead atoms. The molecule has 122 valence electrons. The Balaban J connectivity index is 4.06. The molecule has 0 spiro atoms. The molecular formula is C10H22F3N2O4S+. The summed E-state index contributed by atoms with van der Waals surface area (Å²) in [5, 5.41) is 17.9. The van der Waals surface area contributed by atoms with Crippen molar-refractivity contribution in [2.45, 2.75) is 24.5 Å². The lowest BCUT2D eigenvalue weighted by molar-refractivity contribution is -0.891. The molecule has 0 fully saturated rings. The fourth-order valence-electron chi connectivity index (χ4n) is 1.50. The number of quaternary nitrogens is 1. The van der Waals surface area contributed by atoms with Gasteiger partial charge in [0.1, 0.15) is 0 Å². The maximum atomic E-state index is 12.0. The lowest BCUT2D eigenvalue weighted by atomic mass is 10.2. The number of aliphatic hydroxyl groups excluding tert-OH is 2. The van der Waals surface area contributed by atoms with Crippen molar-refractivity contribution >= 4 is 10.0 Å². The van der Waals surface area contributed by atoms with E-state index in [1.165, 1.54) is 4.72 Å². The number of halogens is 3. The van der Waals surface area contributed by atoms with Crippen LogP contribution in [-0.4, -0.2) is 75.1 Å². The largest absolute Gasteiger partial charge is 0.511 e. The third kappa shape index (κ3) is 7.39. The summed E-state index contributed by atoms with van der Waals surface area (Å²) >= 11 is 0. The maximum absolute atomic E-state index is 12.0. The molecular weight excluding hydrogens is 301 g/mol. The second-order valence-electron chi connectivity index (χ2n) is 5.21. The van der Waals surface area contributed by atoms with Gasteiger partial charge in [-0.15, -0.1) is 0 Å². The van der Waals surface area contributed by atoms with Crippen LogP contribution in [0.4, 0.5) is 13.2 Å². The van der Waals surface area contributed by atoms with E-state index in [-0.39, 0.29) is 19.6 Å². The molecule has 0 heterocycles. The van der Waals surface area contributed by atoms with Gasteiger partial charge in [-0.1, -0.05) is 0 Å². The first-order chi connectivity index (χ1) is 8.91. The topological polar surface area (TPSA) is 86.6 Å². The monoisotopic (exact) mass is 323 g/mol. The van der Waals surface area contributed by atoms with Crippen molar-refractivity contribution in [2.24, 2.45) is 0 Å². The molecule has 0 amide bonds. The normalized spacial score (nSPS) is 15.3. The van der Waals surface area contributed by atoms with Crippen molar-refractivity contribution in [3.8, 4) is 0 Å². The van der Waals surface area contributed by atoms with E-state index in [2.05, 4.69) is 0 Å². The van der Waals surface area contributed by atoms with Gasteiger partial charge in [-0.2, -0.15) is 13.2 Å². The van der Waals surface area contributed by atoms with Crippen LogP contribution >= 0.6 is 0 Å². The summed E-state index contributed by atoms with van der Waals surface area (Å²) in [5.74, 6) is 0. The van der Waals surface area contributed by atoms with Gasteiger partial charge in [0.15, 0.2) is 0 Å². The van der Waals surface area contributed by atoms with E-state index < -0.39 is 21.6 Å². The molecule has 0 aliphatic carbocycles. The molecule has 1 unspecified atom stereocenters. The number of nitrogens with zero attached hydrogens (tertiary/aromatic N) is 1. The van der Waals surface area contributed by atoms with Gasteiger partial charge in [0.2, 0.25) is 0 Å². The summed E-state index contributed by atoms with van der Waals surface area (Å²) in [4.78, 5) is 0. The number of nitrogens with one attached hydrogen (secondary N) is 1. The summed E-state index contributed by atoms with van der Waals surface area (Å²) in [6.07, 6.45) is -0.230. The molecule has 0 rings (SSSR count). The van der Waals surface area contributed by atoms with E-state index >= 15 is 0 Å². The number of hydrogen-bond acceptors (Lipinski definition) is 4. The van der Waals surface area contributed by atoms with Gasteiger partial charge >= 0.3 is 15.5 Å². The molecule has 3 N–H and O–H groups in total. The van der Waals surface area contributed by atoms with Crippen LogP contribution in [0, 0.1) is 0 Å². The van der Waals surface area contributed by atoms with E-state index in [1.54, 1.807) is 0 Å². The Hall–Kier alpha value is -0.420. The van der Waals surface area contributed by atoms with E-state index in [9.17, 15) is 26.7 Å². The number of rotatable bonds is 9. The number of alkyl halides is 3. The smallest absolute Gasteiger partial charge is 0.394 e. The summed E-state index contributed by atoms with van der Waals surface area (Å²) < 4.78 is 59.5. The molecule has 0 aromatic carbocycles. The molecule has 10 heteroatoms. The Morgan fingerprint density at radius 3 is 2.25 bits per heavy atom. The predicted molar refractivity (Wildman–Crippen MR) is 67.1 cm³/mol. The molecule has 0 radical (unpaired) electrons. The van der Waals surface area contributed by atoms with Crippen LogP contribution in [-0.2, 0) is 10.0 Å². The summed E-state index contributed by atoms with van der Waals surface area (Å²) in [6, 6.07) is 0. The Morgan fingerprint density at radius 1 is 1.25 bits per heavy atom. The highest BCUT2D eigenvalue weighted by molar-refractivity contribution is 7.90. The van der Waals surface area contributed by atoms with Gasteiger partial charge in [-0.3, -0.25) is 0 Å². The third-order valence-corrected chi connectivity index (χ3v) is 4.01. The molecule has 20 heavy (non-hydrogen) atoms. The average molecular weight is 323 g/mol. The minimum Gasteiger partial charge on any atom is -0.394 e. The molecule has 0 aliphatic heterocycles. The van der Waals surface area contributed by atoms with Gasteiger partial charge in [0.05, 0.1) is 39.9 Å². The molecule has 0 aromatic rings. The summed E-state index contributed by atoms with van der Waals surface area (Å²) in [6.45, 7) is 0.323. The fraction of sp³-hybridized carbons (Fsp3) is 1.00. The van der Waals surface area contributed by atoms with Crippen LogP contribution in [0.5, 0.6) is 0 Å². The van der Waals surface area contributed by atoms with Crippen LogP contribution in [0.1, 0.15) is 12.8 Å². The number of aliphatic hydroxyl groups is 2. The second-order valence-corrected chi connectivity index (χ2v) is 6.96. The third-order valence-electron chi connectivity index (χ3n) is 2.82. The highest BCUT2D eigenvalue weighted by atomic mass is 32.2. The second kappa shape index (κ2) is 7.55. The van der Waals surface area contributed by atoms with Gasteiger partial charge in [0, 0.05) is 19.4 Å². The Morgan fingerprint density at radius 2 is 1.80 bits per heavy atom. The van der Waals surface area contributed by atoms with Crippen molar-refractivity contribution in [2.75, 3.05) is 40.3 Å². The Labute approximate surface area is 116 Å². The van der Waals surface area contributed by atoms with Crippen molar-refractivity contribution < 1.29 is 36.3 Å². The summed E-state index contributed by atoms with van der Waals surface area (Å²) in [7, 11) is -1.66. The first-order valence-corrected chi connectivity index (χ1v) is 7.56. The first kappa shape index (κ1) is 19.6. The average Bonchev–Trinajstić information content (AvgIpc) is 2.30. The Bertz CT molecular complexity index is 384.